The second kappa shape index (κ2) is 6.53. The van der Waals surface area contributed by atoms with Crippen LogP contribution in [0.15, 0.2) is 24.5 Å². The quantitative estimate of drug-likeness (QED) is 0.775. The minimum absolute atomic E-state index is 0.377. The number of ketones is 1. The van der Waals surface area contributed by atoms with E-state index >= 15 is 0 Å². The van der Waals surface area contributed by atoms with E-state index in [1.54, 1.807) is 12.4 Å². The van der Waals surface area contributed by atoms with Crippen LogP contribution in [0.25, 0.3) is 0 Å². The van der Waals surface area contributed by atoms with Crippen LogP contribution in [0.1, 0.15) is 50.5 Å². The molecule has 17 heavy (non-hydrogen) atoms. The van der Waals surface area contributed by atoms with Crippen LogP contribution in [-0.2, 0) is 11.2 Å². The van der Waals surface area contributed by atoms with Crippen molar-refractivity contribution in [1.29, 1.82) is 0 Å². The van der Waals surface area contributed by atoms with Crippen LogP contribution in [0.4, 0.5) is 0 Å². The van der Waals surface area contributed by atoms with Crippen molar-refractivity contribution in [2.24, 2.45) is 5.92 Å². The van der Waals surface area contributed by atoms with Gasteiger partial charge in [0, 0.05) is 25.2 Å². The Kier molecular flexibility index (Phi) is 4.72. The maximum atomic E-state index is 11.8. The second-order valence-electron chi connectivity index (χ2n) is 5.11. The van der Waals surface area contributed by atoms with Gasteiger partial charge in [0.15, 0.2) is 0 Å². The lowest BCUT2D eigenvalue weighted by atomic mass is 9.85. The zero-order chi connectivity index (χ0) is 11.9. The summed E-state index contributed by atoms with van der Waals surface area (Å²) in [6, 6.07) is 3.86. The van der Waals surface area contributed by atoms with E-state index in [2.05, 4.69) is 4.98 Å². The van der Waals surface area contributed by atoms with Gasteiger partial charge in [0.1, 0.15) is 5.78 Å². The molecule has 0 bridgehead atoms. The largest absolute Gasteiger partial charge is 0.299 e. The molecule has 1 aromatic heterocycles. The number of rotatable bonds is 5. The predicted octanol–water partition coefficient (Wildman–Crippen LogP) is 3.55. The van der Waals surface area contributed by atoms with Gasteiger partial charge in [0.2, 0.25) is 0 Å². The normalized spacial score (nSPS) is 16.9. The van der Waals surface area contributed by atoms with E-state index in [0.717, 1.165) is 24.3 Å². The first kappa shape index (κ1) is 12.3. The Bertz CT molecular complexity index is 341. The van der Waals surface area contributed by atoms with Crippen LogP contribution >= 0.6 is 0 Å². The molecule has 92 valence electrons. The average molecular weight is 231 g/mol. The molecule has 2 heteroatoms. The minimum Gasteiger partial charge on any atom is -0.299 e. The lowest BCUT2D eigenvalue weighted by molar-refractivity contribution is -0.118. The number of carbonyl (C=O) groups is 1. The standard InChI is InChI=1S/C15H21NO/c17-15(12-14-8-10-16-11-9-14)7-6-13-4-2-1-3-5-13/h8-11,13H,1-7,12H2. The van der Waals surface area contributed by atoms with E-state index in [4.69, 9.17) is 0 Å². The van der Waals surface area contributed by atoms with Crippen molar-refractivity contribution >= 4 is 5.78 Å². The van der Waals surface area contributed by atoms with Gasteiger partial charge in [-0.3, -0.25) is 9.78 Å². The monoisotopic (exact) mass is 231 g/mol. The molecule has 1 heterocycles. The first-order valence-electron chi connectivity index (χ1n) is 6.75. The summed E-state index contributed by atoms with van der Waals surface area (Å²) >= 11 is 0. The maximum absolute atomic E-state index is 11.8. The molecule has 0 aliphatic heterocycles. The Morgan fingerprint density at radius 3 is 2.59 bits per heavy atom. The van der Waals surface area contributed by atoms with E-state index in [0.29, 0.717) is 12.2 Å². The molecule has 2 rings (SSSR count). The van der Waals surface area contributed by atoms with E-state index in [-0.39, 0.29) is 0 Å². The van der Waals surface area contributed by atoms with Crippen molar-refractivity contribution in [2.75, 3.05) is 0 Å². The highest BCUT2D eigenvalue weighted by Gasteiger charge is 2.14. The lowest BCUT2D eigenvalue weighted by Gasteiger charge is -2.20. The van der Waals surface area contributed by atoms with Gasteiger partial charge in [-0.05, 0) is 30.0 Å². The second-order valence-corrected chi connectivity index (χ2v) is 5.11. The SMILES string of the molecule is O=C(CCC1CCCCC1)Cc1ccncc1. The number of pyridine rings is 1. The predicted molar refractivity (Wildman–Crippen MR) is 68.8 cm³/mol. The molecule has 0 unspecified atom stereocenters. The Morgan fingerprint density at radius 2 is 1.88 bits per heavy atom. The molecule has 1 fully saturated rings. The van der Waals surface area contributed by atoms with Gasteiger partial charge < -0.3 is 0 Å². The summed E-state index contributed by atoms with van der Waals surface area (Å²) in [4.78, 5) is 15.8. The number of carbonyl (C=O) groups excluding carboxylic acids is 1. The number of Topliss-reactive ketones (excluding diaryl/α,β-unsaturated/α-hetero) is 1. The van der Waals surface area contributed by atoms with Crippen molar-refractivity contribution in [3.05, 3.63) is 30.1 Å². The average Bonchev–Trinajstić information content (AvgIpc) is 2.39. The number of aromatic nitrogens is 1. The molecule has 0 atom stereocenters. The van der Waals surface area contributed by atoms with Crippen LogP contribution in [0, 0.1) is 5.92 Å². The number of hydrogen-bond donors (Lipinski definition) is 0. The molecule has 0 spiro atoms. The van der Waals surface area contributed by atoms with Crippen molar-refractivity contribution in [3.63, 3.8) is 0 Å². The van der Waals surface area contributed by atoms with Crippen molar-refractivity contribution in [1.82, 2.24) is 4.98 Å². The molecule has 0 aromatic carbocycles. The zero-order valence-corrected chi connectivity index (χ0v) is 10.4. The van der Waals surface area contributed by atoms with Crippen molar-refractivity contribution < 1.29 is 4.79 Å². The summed E-state index contributed by atoms with van der Waals surface area (Å²) < 4.78 is 0. The molecule has 1 aliphatic rings. The molecule has 1 saturated carbocycles. The van der Waals surface area contributed by atoms with Crippen LogP contribution in [-0.4, -0.2) is 10.8 Å². The molecule has 0 N–H and O–H groups in total. The Morgan fingerprint density at radius 1 is 1.18 bits per heavy atom. The van der Waals surface area contributed by atoms with Gasteiger partial charge in [-0.25, -0.2) is 0 Å². The third kappa shape index (κ3) is 4.29. The third-order valence-corrected chi connectivity index (χ3v) is 3.71. The molecular formula is C15H21NO. The highest BCUT2D eigenvalue weighted by molar-refractivity contribution is 5.80. The van der Waals surface area contributed by atoms with Crippen molar-refractivity contribution in [2.45, 2.75) is 51.4 Å². The molecule has 0 saturated heterocycles. The zero-order valence-electron chi connectivity index (χ0n) is 10.4. The summed E-state index contributed by atoms with van der Waals surface area (Å²) in [7, 11) is 0. The lowest BCUT2D eigenvalue weighted by Crippen LogP contribution is -2.10. The van der Waals surface area contributed by atoms with Crippen LogP contribution in [0.3, 0.4) is 0 Å². The van der Waals surface area contributed by atoms with E-state index in [1.165, 1.54) is 32.1 Å². The Labute approximate surface area is 103 Å². The van der Waals surface area contributed by atoms with E-state index in [1.807, 2.05) is 12.1 Å². The number of nitrogens with zero attached hydrogens (tertiary/aromatic N) is 1. The fourth-order valence-electron chi connectivity index (χ4n) is 2.66. The maximum Gasteiger partial charge on any atom is 0.137 e. The fourth-order valence-corrected chi connectivity index (χ4v) is 2.66. The highest BCUT2D eigenvalue weighted by atomic mass is 16.1. The third-order valence-electron chi connectivity index (χ3n) is 3.71. The van der Waals surface area contributed by atoms with Crippen molar-refractivity contribution in [3.8, 4) is 0 Å². The molecule has 2 nitrogen and oxygen atoms in total. The Balaban J connectivity index is 1.70. The van der Waals surface area contributed by atoms with Crippen LogP contribution in [0.2, 0.25) is 0 Å². The molecule has 1 aromatic rings. The first-order chi connectivity index (χ1) is 8.34. The van der Waals surface area contributed by atoms with Crippen LogP contribution < -0.4 is 0 Å². The summed E-state index contributed by atoms with van der Waals surface area (Å²) in [6.07, 6.45) is 12.7. The highest BCUT2D eigenvalue weighted by Crippen LogP contribution is 2.27. The molecular weight excluding hydrogens is 210 g/mol. The summed E-state index contributed by atoms with van der Waals surface area (Å²) in [5.74, 6) is 1.19. The van der Waals surface area contributed by atoms with Gasteiger partial charge in [-0.1, -0.05) is 32.1 Å². The van der Waals surface area contributed by atoms with Gasteiger partial charge >= 0.3 is 0 Å². The smallest absolute Gasteiger partial charge is 0.137 e. The topological polar surface area (TPSA) is 30.0 Å². The molecule has 0 amide bonds. The fraction of sp³-hybridized carbons (Fsp3) is 0.600. The van der Waals surface area contributed by atoms with E-state index < -0.39 is 0 Å². The van der Waals surface area contributed by atoms with Crippen LogP contribution in [0.5, 0.6) is 0 Å². The molecule has 0 radical (unpaired) electrons. The minimum atomic E-state index is 0.377. The number of hydrogen-bond acceptors (Lipinski definition) is 2. The first-order valence-corrected chi connectivity index (χ1v) is 6.75. The summed E-state index contributed by atoms with van der Waals surface area (Å²) in [5, 5.41) is 0. The van der Waals surface area contributed by atoms with Gasteiger partial charge in [-0.15, -0.1) is 0 Å². The Hall–Kier alpha value is -1.18. The molecule has 1 aliphatic carbocycles. The summed E-state index contributed by atoms with van der Waals surface area (Å²) in [6.45, 7) is 0. The van der Waals surface area contributed by atoms with Gasteiger partial charge in [0.25, 0.3) is 0 Å². The van der Waals surface area contributed by atoms with Gasteiger partial charge in [-0.2, -0.15) is 0 Å². The van der Waals surface area contributed by atoms with E-state index in [9.17, 15) is 4.79 Å². The summed E-state index contributed by atoms with van der Waals surface area (Å²) in [5.41, 5.74) is 1.09. The van der Waals surface area contributed by atoms with Gasteiger partial charge in [0.05, 0.1) is 0 Å².